The summed E-state index contributed by atoms with van der Waals surface area (Å²) in [5, 5.41) is 13.5. The molecular weight excluding hydrogens is 454 g/mol. The fraction of sp³-hybridized carbons (Fsp3) is 0.381. The summed E-state index contributed by atoms with van der Waals surface area (Å²) in [4.78, 5) is 22.7. The van der Waals surface area contributed by atoms with Gasteiger partial charge in [0.25, 0.3) is 11.6 Å². The second-order valence-corrected chi connectivity index (χ2v) is 8.52. The van der Waals surface area contributed by atoms with Crippen LogP contribution in [0.5, 0.6) is 17.2 Å². The van der Waals surface area contributed by atoms with E-state index in [0.29, 0.717) is 0 Å². The van der Waals surface area contributed by atoms with Crippen LogP contribution in [-0.4, -0.2) is 57.0 Å². The molecule has 1 N–H and O–H groups in total. The molecule has 1 amide bonds. The molecule has 0 atom stereocenters. The molecule has 0 aliphatic heterocycles. The molecule has 0 aliphatic carbocycles. The average molecular weight is 482 g/mol. The average Bonchev–Trinajstić information content (AvgIpc) is 2.79. The maximum atomic E-state index is 13.0. The highest BCUT2D eigenvalue weighted by Crippen LogP contribution is 2.32. The van der Waals surface area contributed by atoms with E-state index in [1.807, 2.05) is 0 Å². The highest BCUT2D eigenvalue weighted by Gasteiger charge is 2.26. The smallest absolute Gasteiger partial charge is 0.273 e. The molecule has 0 spiro atoms. The van der Waals surface area contributed by atoms with Crippen molar-refractivity contribution in [3.05, 3.63) is 46.5 Å². The van der Waals surface area contributed by atoms with Crippen LogP contribution in [-0.2, 0) is 14.8 Å². The van der Waals surface area contributed by atoms with Crippen LogP contribution in [0.15, 0.2) is 41.3 Å². The van der Waals surface area contributed by atoms with Crippen molar-refractivity contribution in [1.29, 1.82) is 0 Å². The Hall–Kier alpha value is -3.38. The third kappa shape index (κ3) is 6.33. The number of methoxy groups -OCH3 is 1. The number of benzene rings is 2. The van der Waals surface area contributed by atoms with Gasteiger partial charge in [-0.2, -0.15) is 4.31 Å². The normalized spacial score (nSPS) is 11.2. The summed E-state index contributed by atoms with van der Waals surface area (Å²) < 4.78 is 43.3. The molecule has 0 fully saturated rings. The number of anilines is 1. The summed E-state index contributed by atoms with van der Waals surface area (Å²) >= 11 is 0. The van der Waals surface area contributed by atoms with Gasteiger partial charge in [-0.15, -0.1) is 0 Å². The number of amides is 1. The van der Waals surface area contributed by atoms with E-state index in [9.17, 15) is 23.3 Å². The summed E-state index contributed by atoms with van der Waals surface area (Å²) in [6.07, 6.45) is 0. The maximum absolute atomic E-state index is 13.0. The molecule has 2 aromatic rings. The van der Waals surface area contributed by atoms with E-state index in [4.69, 9.17) is 14.2 Å². The second kappa shape index (κ2) is 11.5. The number of hydrogen-bond donors (Lipinski definition) is 1. The summed E-state index contributed by atoms with van der Waals surface area (Å²) in [6, 6.07) is 8.08. The van der Waals surface area contributed by atoms with E-state index in [1.165, 1.54) is 41.7 Å². The number of hydrogen-bond acceptors (Lipinski definition) is 8. The number of ether oxygens (including phenoxy) is 3. The van der Waals surface area contributed by atoms with Crippen LogP contribution >= 0.6 is 0 Å². The molecule has 0 radical (unpaired) electrons. The monoisotopic (exact) mass is 481 g/mol. The lowest BCUT2D eigenvalue weighted by Gasteiger charge is -2.21. The van der Waals surface area contributed by atoms with E-state index in [2.05, 4.69) is 5.32 Å². The molecule has 0 aliphatic rings. The number of nitro benzene ring substituents is 1. The fourth-order valence-corrected chi connectivity index (χ4v) is 4.61. The van der Waals surface area contributed by atoms with E-state index < -0.39 is 27.5 Å². The first kappa shape index (κ1) is 25.9. The van der Waals surface area contributed by atoms with E-state index in [0.717, 1.165) is 6.07 Å². The van der Waals surface area contributed by atoms with Crippen molar-refractivity contribution in [2.24, 2.45) is 0 Å². The number of sulfonamides is 1. The lowest BCUT2D eigenvalue weighted by Crippen LogP contribution is -2.31. The third-order valence-corrected chi connectivity index (χ3v) is 6.64. The molecule has 0 saturated heterocycles. The van der Waals surface area contributed by atoms with Crippen LogP contribution < -0.4 is 19.5 Å². The molecule has 0 bridgehead atoms. The minimum atomic E-state index is -3.84. The Labute approximate surface area is 192 Å². The quantitative estimate of drug-likeness (QED) is 0.361. The predicted octanol–water partition coefficient (Wildman–Crippen LogP) is 3.05. The minimum Gasteiger partial charge on any atom is -0.493 e. The van der Waals surface area contributed by atoms with Crippen LogP contribution in [0.25, 0.3) is 0 Å². The fourth-order valence-electron chi connectivity index (χ4n) is 3.00. The topological polar surface area (TPSA) is 137 Å². The van der Waals surface area contributed by atoms with Crippen molar-refractivity contribution in [3.8, 4) is 17.2 Å². The molecule has 0 aromatic heterocycles. The molecule has 0 unspecified atom stereocenters. The van der Waals surface area contributed by atoms with Crippen molar-refractivity contribution < 1.29 is 32.3 Å². The van der Waals surface area contributed by atoms with Crippen LogP contribution in [0.3, 0.4) is 0 Å². The molecular formula is C21H27N3O8S. The van der Waals surface area contributed by atoms with E-state index >= 15 is 0 Å². The van der Waals surface area contributed by atoms with Gasteiger partial charge in [0.15, 0.2) is 18.1 Å². The Morgan fingerprint density at radius 2 is 1.70 bits per heavy atom. The number of rotatable bonds is 12. The second-order valence-electron chi connectivity index (χ2n) is 6.61. The summed E-state index contributed by atoms with van der Waals surface area (Å²) in [7, 11) is -2.48. The Kier molecular flexibility index (Phi) is 9.00. The number of nitro groups is 1. The van der Waals surface area contributed by atoms with Crippen molar-refractivity contribution in [1.82, 2.24) is 4.31 Å². The number of carbonyl (C=O) groups excluding carboxylic acids is 1. The van der Waals surface area contributed by atoms with E-state index in [-0.39, 0.29) is 53.2 Å². The molecule has 0 heterocycles. The van der Waals surface area contributed by atoms with E-state index in [1.54, 1.807) is 20.8 Å². The predicted molar refractivity (Wildman–Crippen MR) is 121 cm³/mol. The van der Waals surface area contributed by atoms with Gasteiger partial charge < -0.3 is 19.5 Å². The van der Waals surface area contributed by atoms with Gasteiger partial charge in [-0.25, -0.2) is 8.42 Å². The van der Waals surface area contributed by atoms with Gasteiger partial charge in [0.2, 0.25) is 10.0 Å². The molecule has 2 aromatic carbocycles. The van der Waals surface area contributed by atoms with Crippen molar-refractivity contribution in [2.45, 2.75) is 25.7 Å². The first-order valence-electron chi connectivity index (χ1n) is 10.2. The Bertz CT molecular complexity index is 1100. The Morgan fingerprint density at radius 1 is 1.03 bits per heavy atom. The summed E-state index contributed by atoms with van der Waals surface area (Å²) in [5.41, 5.74) is 0.00719. The zero-order valence-corrected chi connectivity index (χ0v) is 19.7. The van der Waals surface area contributed by atoms with Crippen molar-refractivity contribution in [3.63, 3.8) is 0 Å². The van der Waals surface area contributed by atoms with Gasteiger partial charge >= 0.3 is 0 Å². The van der Waals surface area contributed by atoms with Gasteiger partial charge in [-0.1, -0.05) is 13.8 Å². The van der Waals surface area contributed by atoms with Crippen LogP contribution in [0.2, 0.25) is 0 Å². The maximum Gasteiger partial charge on any atom is 0.273 e. The lowest BCUT2D eigenvalue weighted by molar-refractivity contribution is -0.385. The number of non-ortho nitro benzene ring substituents is 1. The molecule has 180 valence electrons. The largest absolute Gasteiger partial charge is 0.493 e. The summed E-state index contributed by atoms with van der Waals surface area (Å²) in [6.45, 7) is 5.54. The number of nitrogens with zero attached hydrogens (tertiary/aromatic N) is 2. The molecule has 0 saturated carbocycles. The zero-order chi connectivity index (χ0) is 24.6. The van der Waals surface area contributed by atoms with Crippen LogP contribution in [0.4, 0.5) is 11.4 Å². The molecule has 11 nitrogen and oxygen atoms in total. The van der Waals surface area contributed by atoms with Gasteiger partial charge in [0.1, 0.15) is 10.6 Å². The SMILES string of the molecule is CCOc1ccc(NC(=O)COc2cc([N+](=O)[O-])ccc2OC)cc1S(=O)(=O)N(CC)CC. The highest BCUT2D eigenvalue weighted by molar-refractivity contribution is 7.89. The molecule has 33 heavy (non-hydrogen) atoms. The van der Waals surface area contributed by atoms with Gasteiger partial charge in [0, 0.05) is 24.8 Å². The molecule has 2 rings (SSSR count). The number of nitrogens with one attached hydrogen (secondary N) is 1. The van der Waals surface area contributed by atoms with Gasteiger partial charge in [-0.05, 0) is 31.2 Å². The minimum absolute atomic E-state index is 0.0262. The van der Waals surface area contributed by atoms with Crippen molar-refractivity contribution in [2.75, 3.05) is 38.7 Å². The van der Waals surface area contributed by atoms with Crippen molar-refractivity contribution >= 4 is 27.3 Å². The zero-order valence-electron chi connectivity index (χ0n) is 18.9. The van der Waals surface area contributed by atoms with Gasteiger partial charge in [-0.3, -0.25) is 14.9 Å². The lowest BCUT2D eigenvalue weighted by atomic mass is 10.3. The first-order valence-corrected chi connectivity index (χ1v) is 11.6. The standard InChI is InChI=1S/C21H27N3O8S/c1-5-23(6-2)33(28,29)20-12-15(8-10-18(20)31-7-3)22-21(25)14-32-19-13-16(24(26)27)9-11-17(19)30-4/h8-13H,5-7,14H2,1-4H3,(H,22,25). The summed E-state index contributed by atoms with van der Waals surface area (Å²) in [5.74, 6) is -0.167. The van der Waals surface area contributed by atoms with Crippen LogP contribution in [0.1, 0.15) is 20.8 Å². The first-order chi connectivity index (χ1) is 15.7. The number of carbonyl (C=O) groups is 1. The molecule has 12 heteroatoms. The van der Waals surface area contributed by atoms with Crippen LogP contribution in [0, 0.1) is 10.1 Å². The highest BCUT2D eigenvalue weighted by atomic mass is 32.2. The Balaban J connectivity index is 2.23. The third-order valence-electron chi connectivity index (χ3n) is 4.57. The van der Waals surface area contributed by atoms with Gasteiger partial charge in [0.05, 0.1) is 24.7 Å². The Morgan fingerprint density at radius 3 is 2.27 bits per heavy atom.